The van der Waals surface area contributed by atoms with Crippen LogP contribution in [0.5, 0.6) is 0 Å². The molecule has 0 radical (unpaired) electrons. The van der Waals surface area contributed by atoms with Crippen LogP contribution < -0.4 is 0 Å². The number of rotatable bonds is 9. The molecule has 170 valence electrons. The molecular weight excluding hydrogens is 516 g/mol. The summed E-state index contributed by atoms with van der Waals surface area (Å²) in [4.78, 5) is 41.8. The van der Waals surface area contributed by atoms with Crippen molar-refractivity contribution in [2.24, 2.45) is 0 Å². The number of carboxylic acid groups (broad SMARTS) is 1. The molecule has 0 bridgehead atoms. The molecule has 0 saturated carbocycles. The predicted molar refractivity (Wildman–Crippen MR) is 84.2 cm³/mol. The number of phosphoric ester groups is 2. The van der Waals surface area contributed by atoms with Crippen molar-refractivity contribution in [3.8, 4) is 0 Å². The molecule has 0 amide bonds. The molecular formula is C6H20O17P4Ti. The van der Waals surface area contributed by atoms with E-state index in [2.05, 4.69) is 26.7 Å². The summed E-state index contributed by atoms with van der Waals surface area (Å²) in [6, 6.07) is 0. The van der Waals surface area contributed by atoms with Gasteiger partial charge in [0, 0.05) is 50.2 Å². The van der Waals surface area contributed by atoms with Crippen molar-refractivity contribution >= 4 is 37.3 Å². The second-order valence-electron chi connectivity index (χ2n) is 3.32. The molecule has 0 spiro atoms. The third-order valence-electron chi connectivity index (χ3n) is 1.44. The number of hydrogen-bond donors (Lipinski definition) is 6. The van der Waals surface area contributed by atoms with E-state index in [0.29, 0.717) is 0 Å². The number of aliphatic carboxylic acids is 1. The topological polar surface area (TPSA) is 262 Å². The first-order valence-corrected chi connectivity index (χ1v) is 11.7. The van der Waals surface area contributed by atoms with Gasteiger partial charge < -0.3 is 29.8 Å². The SMILES string of the molecule is COP(=O)(OC)OP(=O)(O)O.COP(=O)(OC)OP(=O)(O)O.O=C(O)CO.[Ti]. The van der Waals surface area contributed by atoms with Gasteiger partial charge in [0.2, 0.25) is 0 Å². The number of aliphatic hydroxyl groups is 1. The first-order valence-electron chi connectivity index (χ1n) is 5.72. The van der Waals surface area contributed by atoms with Gasteiger partial charge in [0.05, 0.1) is 0 Å². The zero-order valence-corrected chi connectivity index (χ0v) is 19.8. The van der Waals surface area contributed by atoms with Crippen molar-refractivity contribution in [3.63, 3.8) is 0 Å². The predicted octanol–water partition coefficient (Wildman–Crippen LogP) is 0.0540. The van der Waals surface area contributed by atoms with Crippen LogP contribution in [0.1, 0.15) is 0 Å². The van der Waals surface area contributed by atoms with Gasteiger partial charge >= 0.3 is 37.3 Å². The molecule has 0 aromatic heterocycles. The molecule has 28 heavy (non-hydrogen) atoms. The summed E-state index contributed by atoms with van der Waals surface area (Å²) in [6.07, 6.45) is 0. The Morgan fingerprint density at radius 2 is 0.893 bits per heavy atom. The third-order valence-corrected chi connectivity index (χ3v) is 6.53. The molecule has 0 unspecified atom stereocenters. The zero-order valence-electron chi connectivity index (χ0n) is 14.7. The molecule has 0 rings (SSSR count). The summed E-state index contributed by atoms with van der Waals surface area (Å²) in [7, 11) is -14.0. The first-order chi connectivity index (χ1) is 11.9. The van der Waals surface area contributed by atoms with E-state index < -0.39 is 43.9 Å². The summed E-state index contributed by atoms with van der Waals surface area (Å²) >= 11 is 0. The van der Waals surface area contributed by atoms with Crippen LogP contribution in [0, 0.1) is 0 Å². The van der Waals surface area contributed by atoms with Gasteiger partial charge in [-0.25, -0.2) is 23.1 Å². The number of carboxylic acids is 1. The second-order valence-corrected chi connectivity index (χ2v) is 9.84. The van der Waals surface area contributed by atoms with Crippen LogP contribution in [0.3, 0.4) is 0 Å². The van der Waals surface area contributed by atoms with Gasteiger partial charge in [-0.2, -0.15) is 8.62 Å². The summed E-state index contributed by atoms with van der Waals surface area (Å²) in [5, 5.41) is 15.0. The summed E-state index contributed by atoms with van der Waals surface area (Å²) in [6.45, 7) is -0.778. The maximum atomic E-state index is 10.8. The summed E-state index contributed by atoms with van der Waals surface area (Å²) in [5.41, 5.74) is 0. The molecule has 17 nitrogen and oxygen atoms in total. The zero-order chi connectivity index (χ0) is 22.5. The normalized spacial score (nSPS) is 11.9. The van der Waals surface area contributed by atoms with E-state index in [0.717, 1.165) is 28.4 Å². The van der Waals surface area contributed by atoms with Gasteiger partial charge in [-0.15, -0.1) is 0 Å². The van der Waals surface area contributed by atoms with E-state index in [9.17, 15) is 18.3 Å². The molecule has 0 aromatic carbocycles. The second kappa shape index (κ2) is 16.4. The Morgan fingerprint density at radius 1 is 0.714 bits per heavy atom. The first kappa shape index (κ1) is 36.1. The average Bonchev–Trinajstić information content (AvgIpc) is 2.52. The van der Waals surface area contributed by atoms with Crippen LogP contribution in [0.25, 0.3) is 0 Å². The van der Waals surface area contributed by atoms with Crippen molar-refractivity contribution in [2.75, 3.05) is 35.0 Å². The van der Waals surface area contributed by atoms with E-state index in [1.165, 1.54) is 0 Å². The smallest absolute Gasteiger partial charge is 0.480 e. The fraction of sp³-hybridized carbons (Fsp3) is 0.833. The van der Waals surface area contributed by atoms with Crippen LogP contribution in [0.4, 0.5) is 0 Å². The minimum Gasteiger partial charge on any atom is -0.480 e. The van der Waals surface area contributed by atoms with Crippen molar-refractivity contribution in [1.29, 1.82) is 0 Å². The molecule has 0 saturated heterocycles. The van der Waals surface area contributed by atoms with Crippen LogP contribution in [0.2, 0.25) is 0 Å². The quantitative estimate of drug-likeness (QED) is 0.168. The van der Waals surface area contributed by atoms with Crippen LogP contribution in [0.15, 0.2) is 0 Å². The van der Waals surface area contributed by atoms with Crippen LogP contribution >= 0.6 is 31.3 Å². The van der Waals surface area contributed by atoms with Crippen LogP contribution in [-0.4, -0.2) is 70.8 Å². The molecule has 0 heterocycles. The molecule has 0 aromatic rings. The fourth-order valence-electron chi connectivity index (χ4n) is 0.543. The van der Waals surface area contributed by atoms with Crippen molar-refractivity contribution in [1.82, 2.24) is 0 Å². The number of phosphoric acid groups is 4. The van der Waals surface area contributed by atoms with Gasteiger partial charge in [-0.3, -0.25) is 18.1 Å². The van der Waals surface area contributed by atoms with Gasteiger partial charge in [-0.1, -0.05) is 0 Å². The maximum absolute atomic E-state index is 10.8. The van der Waals surface area contributed by atoms with Gasteiger partial charge in [0.15, 0.2) is 0 Å². The minimum absolute atomic E-state index is 0. The Kier molecular flexibility index (Phi) is 21.1. The number of aliphatic hydroxyl groups excluding tert-OH is 1. The Balaban J connectivity index is -0.000000162. The molecule has 0 aliphatic rings. The van der Waals surface area contributed by atoms with E-state index in [1.54, 1.807) is 0 Å². The number of hydrogen-bond acceptors (Lipinski definition) is 12. The van der Waals surface area contributed by atoms with E-state index >= 15 is 0 Å². The van der Waals surface area contributed by atoms with E-state index in [-0.39, 0.29) is 21.7 Å². The van der Waals surface area contributed by atoms with Crippen molar-refractivity contribution < 1.29 is 101 Å². The van der Waals surface area contributed by atoms with Gasteiger partial charge in [0.1, 0.15) is 6.61 Å². The van der Waals surface area contributed by atoms with E-state index in [1.807, 2.05) is 0 Å². The Labute approximate surface area is 173 Å². The summed E-state index contributed by atoms with van der Waals surface area (Å²) < 4.78 is 65.6. The largest absolute Gasteiger partial charge is 0.483 e. The molecule has 6 N–H and O–H groups in total. The molecule has 0 aliphatic heterocycles. The summed E-state index contributed by atoms with van der Waals surface area (Å²) in [5.74, 6) is -1.19. The molecule has 0 atom stereocenters. The fourth-order valence-corrected chi connectivity index (χ4v) is 3.99. The Bertz CT molecular complexity index is 547. The van der Waals surface area contributed by atoms with Crippen LogP contribution in [-0.2, 0) is 71.5 Å². The third kappa shape index (κ3) is 24.7. The minimum atomic E-state index is -4.83. The van der Waals surface area contributed by atoms with Crippen molar-refractivity contribution in [2.45, 2.75) is 0 Å². The average molecular weight is 536 g/mol. The van der Waals surface area contributed by atoms with Gasteiger partial charge in [-0.05, 0) is 0 Å². The molecule has 0 fully saturated rings. The maximum Gasteiger partial charge on any atom is 0.483 e. The molecule has 22 heteroatoms. The Morgan fingerprint density at radius 3 is 0.929 bits per heavy atom. The Hall–Kier alpha value is 0.664. The standard InChI is InChI=1S/2C2H8O7P2.C2H4O3.Ti/c2*1-7-11(6,8-2)9-10(3,4)5;3-1-2(4)5;/h2*1-2H3,(H2,3,4,5);3H,1H2,(H,4,5);. The van der Waals surface area contributed by atoms with Gasteiger partial charge in [0.25, 0.3) is 0 Å². The monoisotopic (exact) mass is 536 g/mol. The van der Waals surface area contributed by atoms with Crippen molar-refractivity contribution in [3.05, 3.63) is 0 Å². The number of carbonyl (C=O) groups is 1. The molecule has 0 aliphatic carbocycles. The van der Waals surface area contributed by atoms with E-state index in [4.69, 9.17) is 34.6 Å².